The van der Waals surface area contributed by atoms with E-state index in [-0.39, 0.29) is 5.60 Å². The van der Waals surface area contributed by atoms with Gasteiger partial charge in [0.05, 0.1) is 5.60 Å². The molecule has 1 aromatic rings. The second-order valence-corrected chi connectivity index (χ2v) is 6.64. The second-order valence-electron chi connectivity index (χ2n) is 6.64. The molecule has 3 heteroatoms. The number of nitrogens with zero attached hydrogens (tertiary/aromatic N) is 1. The summed E-state index contributed by atoms with van der Waals surface area (Å²) in [6.45, 7) is 0. The van der Waals surface area contributed by atoms with Gasteiger partial charge >= 0.3 is 0 Å². The molecule has 0 spiro atoms. The van der Waals surface area contributed by atoms with Crippen LogP contribution in [0.5, 0.6) is 0 Å². The monoisotopic (exact) mass is 288 g/mol. The summed E-state index contributed by atoms with van der Waals surface area (Å²) in [5, 5.41) is 3.61. The fourth-order valence-electron chi connectivity index (χ4n) is 4.57. The molecule has 1 N–H and O–H groups in total. The van der Waals surface area contributed by atoms with Crippen LogP contribution < -0.4 is 5.32 Å². The minimum atomic E-state index is -0.0188. The van der Waals surface area contributed by atoms with Crippen LogP contribution in [0.15, 0.2) is 18.3 Å². The number of hydrogen-bond acceptors (Lipinski definition) is 3. The highest BCUT2D eigenvalue weighted by molar-refractivity contribution is 5.31. The first-order valence-corrected chi connectivity index (χ1v) is 8.47. The summed E-state index contributed by atoms with van der Waals surface area (Å²) in [7, 11) is 4.00. The third-order valence-electron chi connectivity index (χ3n) is 5.64. The van der Waals surface area contributed by atoms with Crippen LogP contribution in [0.3, 0.4) is 0 Å². The molecule has 3 nitrogen and oxygen atoms in total. The number of fused-ring (bicyclic) bond motifs is 1. The number of likely N-dealkylation sites (N-methyl/N-ethyl adjacent to an activating group) is 1. The van der Waals surface area contributed by atoms with Crippen molar-refractivity contribution >= 4 is 0 Å². The Hall–Kier alpha value is -0.930. The molecule has 1 aromatic heterocycles. The molecule has 2 aliphatic carbocycles. The van der Waals surface area contributed by atoms with E-state index in [1.807, 2.05) is 13.3 Å². The van der Waals surface area contributed by atoms with Crippen molar-refractivity contribution in [3.05, 3.63) is 29.6 Å². The SMILES string of the molecule is CNC(C1CCc2cccnc21)C1(OC)CCCCCC1. The van der Waals surface area contributed by atoms with E-state index in [4.69, 9.17) is 9.72 Å². The van der Waals surface area contributed by atoms with E-state index in [1.165, 1.54) is 56.2 Å². The zero-order valence-electron chi connectivity index (χ0n) is 13.4. The number of nitrogens with one attached hydrogen (secondary N) is 1. The van der Waals surface area contributed by atoms with Gasteiger partial charge in [0, 0.05) is 31.0 Å². The van der Waals surface area contributed by atoms with Crippen molar-refractivity contribution in [1.82, 2.24) is 10.3 Å². The number of ether oxygens (including phenoxy) is 1. The molecule has 3 rings (SSSR count). The molecule has 0 saturated heterocycles. The third kappa shape index (κ3) is 2.74. The Balaban J connectivity index is 1.90. The van der Waals surface area contributed by atoms with Gasteiger partial charge in [0.1, 0.15) is 0 Å². The summed E-state index contributed by atoms with van der Waals surface area (Å²) in [5.41, 5.74) is 2.72. The molecule has 21 heavy (non-hydrogen) atoms. The molecule has 2 atom stereocenters. The Morgan fingerprint density at radius 1 is 1.29 bits per heavy atom. The Morgan fingerprint density at radius 2 is 2.05 bits per heavy atom. The van der Waals surface area contributed by atoms with Crippen molar-refractivity contribution in [3.63, 3.8) is 0 Å². The molecular weight excluding hydrogens is 260 g/mol. The van der Waals surface area contributed by atoms with Gasteiger partial charge in [0.2, 0.25) is 0 Å². The summed E-state index contributed by atoms with van der Waals surface area (Å²) < 4.78 is 6.15. The van der Waals surface area contributed by atoms with Crippen LogP contribution in [0, 0.1) is 0 Å². The molecular formula is C18H28N2O. The molecule has 2 aliphatic rings. The molecule has 1 heterocycles. The molecule has 0 bridgehead atoms. The van der Waals surface area contributed by atoms with Crippen molar-refractivity contribution < 1.29 is 4.74 Å². The van der Waals surface area contributed by atoms with E-state index in [2.05, 4.69) is 24.5 Å². The molecule has 1 saturated carbocycles. The minimum Gasteiger partial charge on any atom is -0.377 e. The summed E-state index contributed by atoms with van der Waals surface area (Å²) in [6.07, 6.45) is 11.9. The highest BCUT2D eigenvalue weighted by atomic mass is 16.5. The van der Waals surface area contributed by atoms with E-state index < -0.39 is 0 Å². The van der Waals surface area contributed by atoms with Crippen molar-refractivity contribution in [2.24, 2.45) is 0 Å². The molecule has 116 valence electrons. The summed E-state index contributed by atoms with van der Waals surface area (Å²) in [6, 6.07) is 4.67. The number of hydrogen-bond donors (Lipinski definition) is 1. The first-order valence-electron chi connectivity index (χ1n) is 8.47. The first kappa shape index (κ1) is 15.0. The normalized spacial score (nSPS) is 26.1. The fourth-order valence-corrected chi connectivity index (χ4v) is 4.57. The van der Waals surface area contributed by atoms with Gasteiger partial charge in [-0.3, -0.25) is 4.98 Å². The fraction of sp³-hybridized carbons (Fsp3) is 0.722. The van der Waals surface area contributed by atoms with Crippen LogP contribution in [-0.2, 0) is 11.2 Å². The molecule has 0 aliphatic heterocycles. The average molecular weight is 288 g/mol. The smallest absolute Gasteiger partial charge is 0.0837 e. The van der Waals surface area contributed by atoms with E-state index >= 15 is 0 Å². The van der Waals surface area contributed by atoms with Crippen LogP contribution >= 0.6 is 0 Å². The van der Waals surface area contributed by atoms with Gasteiger partial charge in [-0.15, -0.1) is 0 Å². The van der Waals surface area contributed by atoms with Gasteiger partial charge in [-0.2, -0.15) is 0 Å². The van der Waals surface area contributed by atoms with E-state index in [0.717, 1.165) is 6.42 Å². The topological polar surface area (TPSA) is 34.2 Å². The minimum absolute atomic E-state index is 0.0188. The Morgan fingerprint density at radius 3 is 2.71 bits per heavy atom. The molecule has 0 amide bonds. The molecule has 1 fully saturated rings. The maximum atomic E-state index is 6.15. The van der Waals surface area contributed by atoms with Crippen LogP contribution in [0.2, 0.25) is 0 Å². The first-order chi connectivity index (χ1) is 10.3. The molecule has 0 aromatic carbocycles. The highest BCUT2D eigenvalue weighted by Crippen LogP contribution is 2.43. The predicted octanol–water partition coefficient (Wildman–Crippen LogP) is 3.44. The summed E-state index contributed by atoms with van der Waals surface area (Å²) in [4.78, 5) is 4.70. The Labute approximate surface area is 128 Å². The van der Waals surface area contributed by atoms with Gasteiger partial charge in [-0.05, 0) is 44.4 Å². The average Bonchev–Trinajstić information content (AvgIpc) is 2.79. The van der Waals surface area contributed by atoms with Gasteiger partial charge in [0.25, 0.3) is 0 Å². The van der Waals surface area contributed by atoms with Crippen molar-refractivity contribution in [2.45, 2.75) is 68.9 Å². The lowest BCUT2D eigenvalue weighted by atomic mass is 9.78. The lowest BCUT2D eigenvalue weighted by Gasteiger charge is -2.42. The van der Waals surface area contributed by atoms with Gasteiger partial charge < -0.3 is 10.1 Å². The zero-order chi connectivity index (χ0) is 14.7. The zero-order valence-corrected chi connectivity index (χ0v) is 13.4. The molecule has 2 unspecified atom stereocenters. The Bertz CT molecular complexity index is 466. The lowest BCUT2D eigenvalue weighted by molar-refractivity contribution is -0.0580. The number of methoxy groups -OCH3 is 1. The van der Waals surface area contributed by atoms with Crippen LogP contribution in [0.1, 0.15) is 62.1 Å². The summed E-state index contributed by atoms with van der Waals surface area (Å²) in [5.74, 6) is 0.490. The van der Waals surface area contributed by atoms with Crippen LogP contribution in [-0.4, -0.2) is 30.8 Å². The van der Waals surface area contributed by atoms with Gasteiger partial charge in [0.15, 0.2) is 0 Å². The largest absolute Gasteiger partial charge is 0.377 e. The number of aryl methyl sites for hydroxylation is 1. The number of rotatable bonds is 4. The number of pyridine rings is 1. The van der Waals surface area contributed by atoms with Gasteiger partial charge in [-0.25, -0.2) is 0 Å². The second kappa shape index (κ2) is 6.45. The Kier molecular flexibility index (Phi) is 4.60. The van der Waals surface area contributed by atoms with Crippen LogP contribution in [0.25, 0.3) is 0 Å². The quantitative estimate of drug-likeness (QED) is 0.862. The summed E-state index contributed by atoms with van der Waals surface area (Å²) >= 11 is 0. The van der Waals surface area contributed by atoms with Gasteiger partial charge in [-0.1, -0.05) is 31.7 Å². The number of aromatic nitrogens is 1. The van der Waals surface area contributed by atoms with Crippen molar-refractivity contribution in [2.75, 3.05) is 14.2 Å². The maximum absolute atomic E-state index is 6.15. The molecule has 0 radical (unpaired) electrons. The van der Waals surface area contributed by atoms with E-state index in [1.54, 1.807) is 0 Å². The van der Waals surface area contributed by atoms with E-state index in [0.29, 0.717) is 12.0 Å². The van der Waals surface area contributed by atoms with Crippen molar-refractivity contribution in [3.8, 4) is 0 Å². The van der Waals surface area contributed by atoms with Crippen molar-refractivity contribution in [1.29, 1.82) is 0 Å². The van der Waals surface area contributed by atoms with E-state index in [9.17, 15) is 0 Å². The van der Waals surface area contributed by atoms with Crippen LogP contribution in [0.4, 0.5) is 0 Å². The standard InChI is InChI=1S/C18H28N2O/c1-19-17(18(21-2)11-5-3-4-6-12-18)15-10-9-14-8-7-13-20-16(14)15/h7-8,13,15,17,19H,3-6,9-12H2,1-2H3. The maximum Gasteiger partial charge on any atom is 0.0837 e. The highest BCUT2D eigenvalue weighted by Gasteiger charge is 2.45. The predicted molar refractivity (Wildman–Crippen MR) is 85.6 cm³/mol. The third-order valence-corrected chi connectivity index (χ3v) is 5.64. The lowest BCUT2D eigenvalue weighted by Crippen LogP contribution is -2.53.